The number of nitrogens with zero attached hydrogens (tertiary/aromatic N) is 2. The van der Waals surface area contributed by atoms with Crippen LogP contribution in [-0.4, -0.2) is 22.6 Å². The van der Waals surface area contributed by atoms with E-state index in [2.05, 4.69) is 10.3 Å². The number of carbonyl (C=O) groups excluding carboxylic acids is 1. The predicted octanol–water partition coefficient (Wildman–Crippen LogP) is 3.39. The van der Waals surface area contributed by atoms with Gasteiger partial charge in [-0.05, 0) is 53.9 Å². The molecule has 2 aromatic heterocycles. The zero-order chi connectivity index (χ0) is 19.5. The second kappa shape index (κ2) is 7.66. The fraction of sp³-hybridized carbons (Fsp3) is 0.0952. The SMILES string of the molecule is COc1ccc(-n2cnc3cc(C(=O)NCc4cccs4)ccc3c2=O)cc1. The highest BCUT2D eigenvalue weighted by atomic mass is 32.1. The first-order valence-electron chi connectivity index (χ1n) is 8.62. The summed E-state index contributed by atoms with van der Waals surface area (Å²) in [6.07, 6.45) is 1.47. The molecule has 0 aliphatic heterocycles. The van der Waals surface area contributed by atoms with Crippen LogP contribution in [0.5, 0.6) is 5.75 Å². The molecule has 6 nitrogen and oxygen atoms in total. The number of aromatic nitrogens is 2. The summed E-state index contributed by atoms with van der Waals surface area (Å²) in [4.78, 5) is 30.7. The summed E-state index contributed by atoms with van der Waals surface area (Å²) in [5.41, 5.74) is 1.45. The Bertz CT molecular complexity index is 1180. The zero-order valence-corrected chi connectivity index (χ0v) is 15.9. The molecule has 4 rings (SSSR count). The van der Waals surface area contributed by atoms with Gasteiger partial charge in [-0.3, -0.25) is 14.2 Å². The predicted molar refractivity (Wildman–Crippen MR) is 109 cm³/mol. The second-order valence-corrected chi connectivity index (χ2v) is 7.14. The average Bonchev–Trinajstić information content (AvgIpc) is 3.26. The van der Waals surface area contributed by atoms with Crippen LogP contribution in [0.3, 0.4) is 0 Å². The number of fused-ring (bicyclic) bond motifs is 1. The molecular weight excluding hydrogens is 374 g/mol. The van der Waals surface area contributed by atoms with E-state index >= 15 is 0 Å². The molecule has 0 atom stereocenters. The van der Waals surface area contributed by atoms with Gasteiger partial charge in [0.05, 0.1) is 30.2 Å². The molecule has 0 aliphatic rings. The maximum Gasteiger partial charge on any atom is 0.265 e. The Hall–Kier alpha value is -3.45. The Morgan fingerprint density at radius 1 is 1.18 bits per heavy atom. The smallest absolute Gasteiger partial charge is 0.265 e. The van der Waals surface area contributed by atoms with Crippen molar-refractivity contribution < 1.29 is 9.53 Å². The third-order valence-corrected chi connectivity index (χ3v) is 5.25. The van der Waals surface area contributed by atoms with Crippen molar-refractivity contribution in [1.29, 1.82) is 0 Å². The lowest BCUT2D eigenvalue weighted by Crippen LogP contribution is -2.23. The van der Waals surface area contributed by atoms with Crippen LogP contribution in [0, 0.1) is 0 Å². The van der Waals surface area contributed by atoms with Crippen LogP contribution >= 0.6 is 11.3 Å². The van der Waals surface area contributed by atoms with E-state index in [4.69, 9.17) is 4.74 Å². The Balaban J connectivity index is 1.62. The van der Waals surface area contributed by atoms with Crippen molar-refractivity contribution in [2.45, 2.75) is 6.54 Å². The molecule has 4 aromatic rings. The van der Waals surface area contributed by atoms with Crippen LogP contribution in [0.15, 0.2) is 71.1 Å². The van der Waals surface area contributed by atoms with Crippen LogP contribution in [0.4, 0.5) is 0 Å². The quantitative estimate of drug-likeness (QED) is 0.566. The number of hydrogen-bond acceptors (Lipinski definition) is 5. The van der Waals surface area contributed by atoms with E-state index in [-0.39, 0.29) is 11.5 Å². The Morgan fingerprint density at radius 3 is 2.71 bits per heavy atom. The lowest BCUT2D eigenvalue weighted by atomic mass is 10.1. The van der Waals surface area contributed by atoms with Crippen molar-refractivity contribution in [3.05, 3.63) is 87.1 Å². The minimum atomic E-state index is -0.198. The van der Waals surface area contributed by atoms with Crippen molar-refractivity contribution in [2.75, 3.05) is 7.11 Å². The van der Waals surface area contributed by atoms with Gasteiger partial charge in [0.1, 0.15) is 12.1 Å². The van der Waals surface area contributed by atoms with E-state index in [1.807, 2.05) is 17.5 Å². The van der Waals surface area contributed by atoms with Gasteiger partial charge in [0, 0.05) is 10.4 Å². The van der Waals surface area contributed by atoms with Crippen molar-refractivity contribution in [3.8, 4) is 11.4 Å². The lowest BCUT2D eigenvalue weighted by molar-refractivity contribution is 0.0951. The third-order valence-electron chi connectivity index (χ3n) is 4.38. The molecule has 7 heteroatoms. The van der Waals surface area contributed by atoms with Crippen LogP contribution in [0.2, 0.25) is 0 Å². The molecule has 0 bridgehead atoms. The summed E-state index contributed by atoms with van der Waals surface area (Å²) in [6.45, 7) is 0.473. The Kier molecular flexibility index (Phi) is 4.90. The van der Waals surface area contributed by atoms with Gasteiger partial charge in [-0.25, -0.2) is 4.98 Å². The first kappa shape index (κ1) is 17.9. The number of thiophene rings is 1. The third kappa shape index (κ3) is 3.52. The molecule has 0 saturated carbocycles. The topological polar surface area (TPSA) is 73.2 Å². The van der Waals surface area contributed by atoms with E-state index < -0.39 is 0 Å². The second-order valence-electron chi connectivity index (χ2n) is 6.11. The summed E-state index contributed by atoms with van der Waals surface area (Å²) in [7, 11) is 1.59. The van der Waals surface area contributed by atoms with Gasteiger partial charge < -0.3 is 10.1 Å². The van der Waals surface area contributed by atoms with E-state index in [1.54, 1.807) is 60.9 Å². The summed E-state index contributed by atoms with van der Waals surface area (Å²) in [6, 6.07) is 16.0. The van der Waals surface area contributed by atoms with Crippen LogP contribution in [-0.2, 0) is 6.54 Å². The summed E-state index contributed by atoms with van der Waals surface area (Å²) < 4.78 is 6.61. The number of nitrogens with one attached hydrogen (secondary N) is 1. The summed E-state index contributed by atoms with van der Waals surface area (Å²) in [5, 5.41) is 5.30. The van der Waals surface area contributed by atoms with E-state index in [1.165, 1.54) is 10.9 Å². The van der Waals surface area contributed by atoms with Crippen molar-refractivity contribution in [1.82, 2.24) is 14.9 Å². The lowest BCUT2D eigenvalue weighted by Gasteiger charge is -2.09. The van der Waals surface area contributed by atoms with Gasteiger partial charge in [0.25, 0.3) is 11.5 Å². The standard InChI is InChI=1S/C21H17N3O3S/c1-27-16-7-5-15(6-8-16)24-13-23-19-11-14(4-9-18(19)21(24)26)20(25)22-12-17-3-2-10-28-17/h2-11,13H,12H2,1H3,(H,22,25). The number of rotatable bonds is 5. The molecule has 2 aromatic carbocycles. The first-order chi connectivity index (χ1) is 13.7. The molecule has 0 radical (unpaired) electrons. The number of ether oxygens (including phenoxy) is 1. The molecule has 0 aliphatic carbocycles. The van der Waals surface area contributed by atoms with Crippen molar-refractivity contribution in [2.24, 2.45) is 0 Å². The molecule has 1 N–H and O–H groups in total. The fourth-order valence-electron chi connectivity index (χ4n) is 2.87. The molecule has 1 amide bonds. The monoisotopic (exact) mass is 391 g/mol. The molecule has 2 heterocycles. The number of carbonyl (C=O) groups is 1. The Morgan fingerprint density at radius 2 is 2.00 bits per heavy atom. The maximum atomic E-state index is 12.8. The number of amides is 1. The van der Waals surface area contributed by atoms with Gasteiger partial charge in [-0.1, -0.05) is 6.07 Å². The van der Waals surface area contributed by atoms with Crippen molar-refractivity contribution >= 4 is 28.1 Å². The highest BCUT2D eigenvalue weighted by Gasteiger charge is 2.11. The highest BCUT2D eigenvalue weighted by molar-refractivity contribution is 7.09. The van der Waals surface area contributed by atoms with Crippen LogP contribution in [0.1, 0.15) is 15.2 Å². The minimum Gasteiger partial charge on any atom is -0.497 e. The number of benzene rings is 2. The largest absolute Gasteiger partial charge is 0.497 e. The molecule has 0 unspecified atom stereocenters. The normalized spacial score (nSPS) is 10.8. The Labute approximate surface area is 165 Å². The number of methoxy groups -OCH3 is 1. The maximum absolute atomic E-state index is 12.8. The fourth-order valence-corrected chi connectivity index (χ4v) is 3.52. The van der Waals surface area contributed by atoms with Crippen LogP contribution < -0.4 is 15.6 Å². The van der Waals surface area contributed by atoms with Gasteiger partial charge in [0.15, 0.2) is 0 Å². The number of hydrogen-bond donors (Lipinski definition) is 1. The molecular formula is C21H17N3O3S. The van der Waals surface area contributed by atoms with Crippen LogP contribution in [0.25, 0.3) is 16.6 Å². The zero-order valence-electron chi connectivity index (χ0n) is 15.1. The molecule has 0 fully saturated rings. The van der Waals surface area contributed by atoms with E-state index in [9.17, 15) is 9.59 Å². The molecule has 140 valence electrons. The highest BCUT2D eigenvalue weighted by Crippen LogP contribution is 2.16. The summed E-state index contributed by atoms with van der Waals surface area (Å²) in [5.74, 6) is 0.514. The van der Waals surface area contributed by atoms with Gasteiger partial charge in [0.2, 0.25) is 0 Å². The average molecular weight is 391 g/mol. The van der Waals surface area contributed by atoms with Gasteiger partial charge in [-0.2, -0.15) is 0 Å². The minimum absolute atomic E-state index is 0.194. The van der Waals surface area contributed by atoms with Crippen molar-refractivity contribution in [3.63, 3.8) is 0 Å². The first-order valence-corrected chi connectivity index (χ1v) is 9.50. The van der Waals surface area contributed by atoms with Gasteiger partial charge in [-0.15, -0.1) is 11.3 Å². The molecule has 0 saturated heterocycles. The summed E-state index contributed by atoms with van der Waals surface area (Å²) >= 11 is 1.59. The molecule has 28 heavy (non-hydrogen) atoms. The van der Waals surface area contributed by atoms with Gasteiger partial charge >= 0.3 is 0 Å². The molecule has 0 spiro atoms. The van der Waals surface area contributed by atoms with E-state index in [0.717, 1.165) is 4.88 Å². The van der Waals surface area contributed by atoms with E-state index in [0.29, 0.717) is 34.4 Å².